The highest BCUT2D eigenvalue weighted by Crippen LogP contribution is 2.19. The Morgan fingerprint density at radius 3 is 2.83 bits per heavy atom. The van der Waals surface area contributed by atoms with E-state index >= 15 is 0 Å². The lowest BCUT2D eigenvalue weighted by molar-refractivity contribution is -0.126. The molecule has 9 nitrogen and oxygen atoms in total. The van der Waals surface area contributed by atoms with Gasteiger partial charge in [0, 0.05) is 17.6 Å². The number of primary amides is 1. The van der Waals surface area contributed by atoms with Crippen LogP contribution in [0.25, 0.3) is 0 Å². The Bertz CT molecular complexity index is 1040. The Kier molecular flexibility index (Phi) is 6.95. The Hall–Kier alpha value is -2.63. The summed E-state index contributed by atoms with van der Waals surface area (Å²) in [5.41, 5.74) is 5.66. The van der Waals surface area contributed by atoms with E-state index in [1.54, 1.807) is 23.6 Å². The number of amides is 2. The summed E-state index contributed by atoms with van der Waals surface area (Å²) in [6, 6.07) is 5.37. The van der Waals surface area contributed by atoms with Gasteiger partial charge in [0.05, 0.1) is 24.6 Å². The van der Waals surface area contributed by atoms with Crippen molar-refractivity contribution >= 4 is 39.0 Å². The molecule has 11 heteroatoms. The highest BCUT2D eigenvalue weighted by atomic mass is 32.2. The van der Waals surface area contributed by atoms with Gasteiger partial charge in [-0.3, -0.25) is 14.4 Å². The minimum atomic E-state index is -3.88. The summed E-state index contributed by atoms with van der Waals surface area (Å²) < 4.78 is 26.5. The maximum Gasteiger partial charge on any atom is 0.260 e. The maximum atomic E-state index is 12.7. The van der Waals surface area contributed by atoms with E-state index in [1.165, 1.54) is 30.0 Å². The number of hydrogen-bond acceptors (Lipinski definition) is 7. The molecule has 1 radical (unpaired) electrons. The highest BCUT2D eigenvalue weighted by Gasteiger charge is 2.33. The third kappa shape index (κ3) is 5.10. The first-order valence-corrected chi connectivity index (χ1v) is 11.5. The van der Waals surface area contributed by atoms with Gasteiger partial charge in [0.15, 0.2) is 10.8 Å². The summed E-state index contributed by atoms with van der Waals surface area (Å²) in [6.07, 6.45) is 3.68. The minimum Gasteiger partial charge on any atom is -0.366 e. The lowest BCUT2D eigenvalue weighted by Gasteiger charge is -2.19. The second kappa shape index (κ2) is 9.45. The van der Waals surface area contributed by atoms with Gasteiger partial charge in [-0.1, -0.05) is 6.07 Å². The average molecular weight is 450 g/mol. The number of pyridine rings is 1. The lowest BCUT2D eigenvalue weighted by atomic mass is 10.1. The molecule has 2 aromatic rings. The molecule has 0 aromatic carbocycles. The van der Waals surface area contributed by atoms with Crippen molar-refractivity contribution in [1.82, 2.24) is 14.6 Å². The predicted molar refractivity (Wildman–Crippen MR) is 110 cm³/mol. The number of Topliss-reactive ketones (excluding diaryl/α,β-unsaturated/α-hetero) is 1. The fourth-order valence-corrected chi connectivity index (χ4v) is 5.34. The fourth-order valence-electron chi connectivity index (χ4n) is 3.12. The zero-order valence-corrected chi connectivity index (χ0v) is 17.6. The van der Waals surface area contributed by atoms with Crippen molar-refractivity contribution in [2.45, 2.75) is 30.3 Å². The van der Waals surface area contributed by atoms with E-state index in [2.05, 4.69) is 10.3 Å². The van der Waals surface area contributed by atoms with Crippen molar-refractivity contribution in [3.63, 3.8) is 0 Å². The number of ketones is 1. The van der Waals surface area contributed by atoms with E-state index in [0.29, 0.717) is 23.3 Å². The van der Waals surface area contributed by atoms with Gasteiger partial charge in [0.1, 0.15) is 0 Å². The minimum absolute atomic E-state index is 0.116. The van der Waals surface area contributed by atoms with Crippen molar-refractivity contribution < 1.29 is 22.8 Å². The summed E-state index contributed by atoms with van der Waals surface area (Å²) in [6.45, 7) is -0.168. The van der Waals surface area contributed by atoms with Gasteiger partial charge in [-0.05, 0) is 42.8 Å². The number of hydrogen-bond donors (Lipinski definition) is 2. The summed E-state index contributed by atoms with van der Waals surface area (Å²) in [5.74, 6) is -1.41. The van der Waals surface area contributed by atoms with Gasteiger partial charge >= 0.3 is 0 Å². The number of nitrogens with zero attached hydrogens (tertiary/aromatic N) is 2. The van der Waals surface area contributed by atoms with Gasteiger partial charge < -0.3 is 11.1 Å². The largest absolute Gasteiger partial charge is 0.366 e. The van der Waals surface area contributed by atoms with Gasteiger partial charge in [-0.2, -0.15) is 4.31 Å². The van der Waals surface area contributed by atoms with Gasteiger partial charge in [-0.25, -0.2) is 13.4 Å². The van der Waals surface area contributed by atoms with E-state index in [1.807, 2.05) is 0 Å². The van der Waals surface area contributed by atoms with Crippen LogP contribution in [0.5, 0.6) is 0 Å². The molecule has 1 fully saturated rings. The molecule has 3 N–H and O–H groups in total. The van der Waals surface area contributed by atoms with Crippen molar-refractivity contribution in [3.05, 3.63) is 52.7 Å². The first-order valence-electron chi connectivity index (χ1n) is 9.23. The van der Waals surface area contributed by atoms with Crippen LogP contribution in [0.1, 0.15) is 28.1 Å². The molecular formula is C19H21N4O5S2. The van der Waals surface area contributed by atoms with Gasteiger partial charge in [0.25, 0.3) is 10.0 Å². The van der Waals surface area contributed by atoms with Crippen LogP contribution in [0, 0.1) is 6.42 Å². The fraction of sp³-hybridized carbons (Fsp3) is 0.316. The molecule has 0 aliphatic carbocycles. The van der Waals surface area contributed by atoms with E-state index in [9.17, 15) is 22.8 Å². The van der Waals surface area contributed by atoms with Crippen LogP contribution < -0.4 is 11.1 Å². The van der Waals surface area contributed by atoms with Crippen LogP contribution in [0.3, 0.4) is 0 Å². The molecule has 0 bridgehead atoms. The molecule has 0 spiro atoms. The number of carbonyl (C=O) groups is 3. The van der Waals surface area contributed by atoms with E-state index in [0.717, 1.165) is 4.31 Å². The number of thiophene rings is 1. The van der Waals surface area contributed by atoms with E-state index in [-0.39, 0.29) is 30.3 Å². The lowest BCUT2D eigenvalue weighted by Crippen LogP contribution is -2.44. The summed E-state index contributed by atoms with van der Waals surface area (Å²) >= 11 is 1.31. The van der Waals surface area contributed by atoms with Gasteiger partial charge in [0.2, 0.25) is 11.8 Å². The second-order valence-electron chi connectivity index (χ2n) is 6.71. The molecule has 2 amide bonds. The number of nitrogens with two attached hydrogens (primary N) is 1. The number of carbonyl (C=O) groups excluding carboxylic acids is 3. The van der Waals surface area contributed by atoms with Crippen LogP contribution in [0.15, 0.2) is 40.9 Å². The van der Waals surface area contributed by atoms with Crippen molar-refractivity contribution in [2.75, 3.05) is 13.1 Å². The highest BCUT2D eigenvalue weighted by molar-refractivity contribution is 7.89. The zero-order valence-electron chi connectivity index (χ0n) is 16.0. The molecule has 1 atom stereocenters. The normalized spacial score (nSPS) is 18.0. The molecular weight excluding hydrogens is 428 g/mol. The molecule has 0 saturated carbocycles. The molecule has 3 rings (SSSR count). The Balaban J connectivity index is 1.59. The third-order valence-electron chi connectivity index (χ3n) is 4.66. The van der Waals surface area contributed by atoms with E-state index in [4.69, 9.17) is 5.73 Å². The van der Waals surface area contributed by atoms with Gasteiger partial charge in [-0.15, -0.1) is 11.3 Å². The number of nitrogens with one attached hydrogen (secondary N) is 1. The zero-order chi connectivity index (χ0) is 21.7. The van der Waals surface area contributed by atoms with Crippen molar-refractivity contribution in [3.8, 4) is 0 Å². The molecule has 2 aromatic heterocycles. The first kappa shape index (κ1) is 22.1. The summed E-state index contributed by atoms with van der Waals surface area (Å²) in [7, 11) is -3.88. The molecule has 1 aliphatic rings. The number of rotatable bonds is 7. The Morgan fingerprint density at radius 1 is 1.33 bits per heavy atom. The van der Waals surface area contributed by atoms with Crippen LogP contribution in [0.4, 0.5) is 0 Å². The molecule has 0 unspecified atom stereocenters. The van der Waals surface area contributed by atoms with Crippen LogP contribution in [-0.2, 0) is 26.0 Å². The SMILES string of the molecule is NC(=O)c1ccsc1C[CH]C(=O)N[C@H]1CCCN(S(=O)(=O)c2ccccn2)CC1=O. The van der Waals surface area contributed by atoms with Crippen molar-refractivity contribution in [2.24, 2.45) is 5.73 Å². The summed E-state index contributed by atoms with van der Waals surface area (Å²) in [4.78, 5) is 40.8. The Labute approximate surface area is 178 Å². The van der Waals surface area contributed by atoms with Crippen LogP contribution >= 0.6 is 11.3 Å². The quantitative estimate of drug-likeness (QED) is 0.632. The molecule has 1 saturated heterocycles. The Morgan fingerprint density at radius 2 is 2.13 bits per heavy atom. The van der Waals surface area contributed by atoms with Crippen LogP contribution in [-0.4, -0.2) is 54.4 Å². The number of sulfonamides is 1. The predicted octanol–water partition coefficient (Wildman–Crippen LogP) is 0.527. The molecule has 3 heterocycles. The number of aromatic nitrogens is 1. The second-order valence-corrected chi connectivity index (χ2v) is 9.59. The molecule has 1 aliphatic heterocycles. The standard InChI is InChI=1S/C19H21N4O5S2/c20-19(26)13-8-11-29-16(13)6-7-17(25)22-14-4-3-10-23(12-15(14)24)30(27,28)18-5-1-2-9-21-18/h1-2,5,7-9,11,14H,3-4,6,10,12H2,(H2,20,26)(H,22,25)/t14-/m0/s1. The smallest absolute Gasteiger partial charge is 0.260 e. The monoisotopic (exact) mass is 449 g/mol. The maximum absolute atomic E-state index is 12.7. The average Bonchev–Trinajstić information content (AvgIpc) is 3.12. The molecule has 30 heavy (non-hydrogen) atoms. The first-order chi connectivity index (χ1) is 14.3. The topological polar surface area (TPSA) is 140 Å². The molecule has 159 valence electrons. The van der Waals surface area contributed by atoms with Crippen LogP contribution in [0.2, 0.25) is 0 Å². The van der Waals surface area contributed by atoms with E-state index < -0.39 is 27.9 Å². The summed E-state index contributed by atoms with van der Waals surface area (Å²) in [5, 5.41) is 4.24. The third-order valence-corrected chi connectivity index (χ3v) is 7.37. The van der Waals surface area contributed by atoms with Crippen molar-refractivity contribution in [1.29, 1.82) is 0 Å².